The van der Waals surface area contributed by atoms with Gasteiger partial charge in [-0.05, 0) is 31.0 Å². The molecule has 4 rings (SSSR count). The zero-order chi connectivity index (χ0) is 17.1. The van der Waals surface area contributed by atoms with Crippen molar-refractivity contribution in [3.05, 3.63) is 69.4 Å². The standard InChI is InChI=1S/C20H24N4S/c1-16-7-9-18(25-16)15-23-12-11-20-22-21-19(24(20)14-13-23)10-8-17-5-3-2-4-6-17/h2-7,9H,8,10-15H2,1H3. The van der Waals surface area contributed by atoms with Gasteiger partial charge in [-0.2, -0.15) is 0 Å². The molecule has 25 heavy (non-hydrogen) atoms. The molecule has 3 heterocycles. The van der Waals surface area contributed by atoms with Gasteiger partial charge in [-0.15, -0.1) is 21.5 Å². The molecule has 0 amide bonds. The zero-order valence-electron chi connectivity index (χ0n) is 14.7. The van der Waals surface area contributed by atoms with Crippen LogP contribution >= 0.6 is 11.3 Å². The normalized spacial score (nSPS) is 15.1. The number of nitrogens with zero attached hydrogens (tertiary/aromatic N) is 4. The van der Waals surface area contributed by atoms with E-state index in [1.165, 1.54) is 15.3 Å². The molecule has 0 atom stereocenters. The highest BCUT2D eigenvalue weighted by Crippen LogP contribution is 2.19. The summed E-state index contributed by atoms with van der Waals surface area (Å²) in [7, 11) is 0. The molecular formula is C20H24N4S. The number of thiophene rings is 1. The highest BCUT2D eigenvalue weighted by molar-refractivity contribution is 7.11. The van der Waals surface area contributed by atoms with Gasteiger partial charge in [-0.3, -0.25) is 4.90 Å². The monoisotopic (exact) mass is 352 g/mol. The summed E-state index contributed by atoms with van der Waals surface area (Å²) >= 11 is 1.91. The Morgan fingerprint density at radius 3 is 2.64 bits per heavy atom. The SMILES string of the molecule is Cc1ccc(CN2CCc3nnc(CCc4ccccc4)n3CC2)s1. The highest BCUT2D eigenvalue weighted by atomic mass is 32.1. The Morgan fingerprint density at radius 1 is 0.960 bits per heavy atom. The van der Waals surface area contributed by atoms with Crippen LogP contribution in [0.5, 0.6) is 0 Å². The molecule has 1 aliphatic heterocycles. The molecule has 0 spiro atoms. The molecule has 0 fully saturated rings. The Bertz CT molecular complexity index is 821. The average Bonchev–Trinajstić information content (AvgIpc) is 3.16. The van der Waals surface area contributed by atoms with E-state index in [9.17, 15) is 0 Å². The fourth-order valence-electron chi connectivity index (χ4n) is 3.46. The van der Waals surface area contributed by atoms with Crippen LogP contribution in [0.1, 0.15) is 27.0 Å². The van der Waals surface area contributed by atoms with Crippen LogP contribution < -0.4 is 0 Å². The van der Waals surface area contributed by atoms with Gasteiger partial charge in [0.25, 0.3) is 0 Å². The van der Waals surface area contributed by atoms with E-state index in [1.807, 2.05) is 11.3 Å². The first-order valence-electron chi connectivity index (χ1n) is 9.00. The Balaban J connectivity index is 1.39. The molecule has 0 unspecified atom stereocenters. The van der Waals surface area contributed by atoms with Gasteiger partial charge in [0.1, 0.15) is 11.6 Å². The summed E-state index contributed by atoms with van der Waals surface area (Å²) < 4.78 is 2.35. The summed E-state index contributed by atoms with van der Waals surface area (Å²) in [6.07, 6.45) is 2.97. The number of aromatic nitrogens is 3. The second kappa shape index (κ2) is 7.50. The number of hydrogen-bond donors (Lipinski definition) is 0. The first-order valence-corrected chi connectivity index (χ1v) is 9.82. The Labute approximate surface area is 153 Å². The summed E-state index contributed by atoms with van der Waals surface area (Å²) in [4.78, 5) is 5.39. The van der Waals surface area contributed by atoms with Crippen LogP contribution in [0.2, 0.25) is 0 Å². The smallest absolute Gasteiger partial charge is 0.134 e. The molecule has 0 saturated carbocycles. The Hall–Kier alpha value is -1.98. The predicted molar refractivity (Wildman–Crippen MR) is 102 cm³/mol. The maximum absolute atomic E-state index is 4.46. The molecular weight excluding hydrogens is 328 g/mol. The molecule has 0 bridgehead atoms. The second-order valence-electron chi connectivity index (χ2n) is 6.71. The van der Waals surface area contributed by atoms with E-state index in [0.717, 1.165) is 57.1 Å². The fourth-order valence-corrected chi connectivity index (χ4v) is 4.39. The summed E-state index contributed by atoms with van der Waals surface area (Å²) in [5.41, 5.74) is 1.36. The van der Waals surface area contributed by atoms with Crippen LogP contribution in [0.4, 0.5) is 0 Å². The molecule has 1 aliphatic rings. The fraction of sp³-hybridized carbons (Fsp3) is 0.400. The number of rotatable bonds is 5. The van der Waals surface area contributed by atoms with Crippen molar-refractivity contribution < 1.29 is 0 Å². The molecule has 0 aliphatic carbocycles. The zero-order valence-corrected chi connectivity index (χ0v) is 15.5. The van der Waals surface area contributed by atoms with Gasteiger partial charge < -0.3 is 4.57 Å². The molecule has 4 nitrogen and oxygen atoms in total. The van der Waals surface area contributed by atoms with Gasteiger partial charge in [-0.25, -0.2) is 0 Å². The quantitative estimate of drug-likeness (QED) is 0.705. The largest absolute Gasteiger partial charge is 0.314 e. The summed E-state index contributed by atoms with van der Waals surface area (Å²) in [6, 6.07) is 15.1. The lowest BCUT2D eigenvalue weighted by Crippen LogP contribution is -2.26. The van der Waals surface area contributed by atoms with Gasteiger partial charge in [0, 0.05) is 48.8 Å². The lowest BCUT2D eigenvalue weighted by Gasteiger charge is -2.18. The van der Waals surface area contributed by atoms with Gasteiger partial charge in [0.05, 0.1) is 0 Å². The molecule has 5 heteroatoms. The summed E-state index contributed by atoms with van der Waals surface area (Å²) in [5.74, 6) is 2.28. The summed E-state index contributed by atoms with van der Waals surface area (Å²) in [6.45, 7) is 6.36. The molecule has 0 saturated heterocycles. The minimum atomic E-state index is 0.959. The van der Waals surface area contributed by atoms with Gasteiger partial charge >= 0.3 is 0 Å². The second-order valence-corrected chi connectivity index (χ2v) is 8.08. The van der Waals surface area contributed by atoms with Crippen molar-refractivity contribution in [3.8, 4) is 0 Å². The van der Waals surface area contributed by atoms with Crippen LogP contribution in [0.15, 0.2) is 42.5 Å². The van der Waals surface area contributed by atoms with Crippen LogP contribution in [0, 0.1) is 6.92 Å². The topological polar surface area (TPSA) is 34.0 Å². The van der Waals surface area contributed by atoms with E-state index in [1.54, 1.807) is 0 Å². The number of aryl methyl sites for hydroxylation is 3. The molecule has 0 radical (unpaired) electrons. The first kappa shape index (κ1) is 16.5. The number of fused-ring (bicyclic) bond motifs is 1. The van der Waals surface area contributed by atoms with E-state index >= 15 is 0 Å². The lowest BCUT2D eigenvalue weighted by atomic mass is 10.1. The summed E-state index contributed by atoms with van der Waals surface area (Å²) in [5, 5.41) is 8.93. The Morgan fingerprint density at radius 2 is 1.84 bits per heavy atom. The maximum atomic E-state index is 4.46. The van der Waals surface area contributed by atoms with Crippen LogP contribution in [-0.4, -0.2) is 32.8 Å². The average molecular weight is 353 g/mol. The van der Waals surface area contributed by atoms with E-state index in [-0.39, 0.29) is 0 Å². The van der Waals surface area contributed by atoms with E-state index in [2.05, 4.69) is 69.1 Å². The van der Waals surface area contributed by atoms with Gasteiger partial charge in [0.2, 0.25) is 0 Å². The van der Waals surface area contributed by atoms with Gasteiger partial charge in [-0.1, -0.05) is 30.3 Å². The molecule has 3 aromatic rings. The van der Waals surface area contributed by atoms with Crippen molar-refractivity contribution in [3.63, 3.8) is 0 Å². The molecule has 130 valence electrons. The van der Waals surface area contributed by atoms with Crippen molar-refractivity contribution in [2.45, 2.75) is 39.3 Å². The van der Waals surface area contributed by atoms with Crippen molar-refractivity contribution in [2.24, 2.45) is 0 Å². The number of hydrogen-bond acceptors (Lipinski definition) is 4. The molecule has 1 aromatic carbocycles. The highest BCUT2D eigenvalue weighted by Gasteiger charge is 2.19. The third-order valence-electron chi connectivity index (χ3n) is 4.85. The van der Waals surface area contributed by atoms with E-state index in [0.29, 0.717) is 0 Å². The third kappa shape index (κ3) is 3.99. The molecule has 2 aromatic heterocycles. The number of benzene rings is 1. The van der Waals surface area contributed by atoms with Gasteiger partial charge in [0.15, 0.2) is 0 Å². The lowest BCUT2D eigenvalue weighted by molar-refractivity contribution is 0.272. The van der Waals surface area contributed by atoms with Crippen molar-refractivity contribution >= 4 is 11.3 Å². The van der Waals surface area contributed by atoms with Crippen molar-refractivity contribution in [2.75, 3.05) is 13.1 Å². The predicted octanol–water partition coefficient (Wildman–Crippen LogP) is 3.49. The van der Waals surface area contributed by atoms with E-state index in [4.69, 9.17) is 0 Å². The van der Waals surface area contributed by atoms with Crippen LogP contribution in [0.3, 0.4) is 0 Å². The molecule has 0 N–H and O–H groups in total. The minimum absolute atomic E-state index is 0.959. The van der Waals surface area contributed by atoms with Crippen LogP contribution in [0.25, 0.3) is 0 Å². The van der Waals surface area contributed by atoms with E-state index < -0.39 is 0 Å². The maximum Gasteiger partial charge on any atom is 0.134 e. The first-order chi connectivity index (χ1) is 12.3. The van der Waals surface area contributed by atoms with Crippen molar-refractivity contribution in [1.82, 2.24) is 19.7 Å². The van der Waals surface area contributed by atoms with Crippen molar-refractivity contribution in [1.29, 1.82) is 0 Å². The Kier molecular flexibility index (Phi) is 4.95. The van der Waals surface area contributed by atoms with Crippen LogP contribution in [-0.2, 0) is 32.4 Å². The minimum Gasteiger partial charge on any atom is -0.314 e. The third-order valence-corrected chi connectivity index (χ3v) is 5.84.